The van der Waals surface area contributed by atoms with Crippen LogP contribution < -0.4 is 5.32 Å². The molecular weight excluding hydrogens is 342 g/mol. The van der Waals surface area contributed by atoms with Crippen molar-refractivity contribution in [2.24, 2.45) is 0 Å². The van der Waals surface area contributed by atoms with E-state index in [2.05, 4.69) is 20.5 Å². The van der Waals surface area contributed by atoms with E-state index in [-0.39, 0.29) is 11.2 Å². The Balaban J connectivity index is 1.75. The van der Waals surface area contributed by atoms with Crippen LogP contribution >= 0.6 is 23.1 Å². The Kier molecular flexibility index (Phi) is 5.27. The fourth-order valence-electron chi connectivity index (χ4n) is 2.17. The molecule has 0 saturated carbocycles. The third kappa shape index (κ3) is 3.65. The topological polar surface area (TPSA) is 72.7 Å². The van der Waals surface area contributed by atoms with Crippen LogP contribution in [0, 0.1) is 0 Å². The normalized spacial score (nSPS) is 12.1. The Labute approximate surface area is 148 Å². The first-order valence-electron chi connectivity index (χ1n) is 7.54. The molecule has 1 N–H and O–H groups in total. The molecule has 3 aromatic rings. The number of thiazole rings is 1. The largest absolute Gasteiger partial charge is 0.302 e. The second-order valence-corrected chi connectivity index (χ2v) is 7.21. The van der Waals surface area contributed by atoms with Gasteiger partial charge in [0, 0.05) is 23.7 Å². The lowest BCUT2D eigenvalue weighted by atomic mass is 10.2. The van der Waals surface area contributed by atoms with Crippen LogP contribution in [0.1, 0.15) is 13.8 Å². The zero-order valence-electron chi connectivity index (χ0n) is 13.3. The highest BCUT2D eigenvalue weighted by Gasteiger charge is 2.20. The molecule has 0 aliphatic heterocycles. The Morgan fingerprint density at radius 2 is 2.12 bits per heavy atom. The van der Waals surface area contributed by atoms with Crippen molar-refractivity contribution in [1.82, 2.24) is 19.7 Å². The number of nitrogens with zero attached hydrogens (tertiary/aromatic N) is 4. The van der Waals surface area contributed by atoms with Crippen molar-refractivity contribution >= 4 is 34.1 Å². The minimum atomic E-state index is -0.299. The van der Waals surface area contributed by atoms with Crippen LogP contribution in [0.25, 0.3) is 11.4 Å². The van der Waals surface area contributed by atoms with Gasteiger partial charge in [-0.25, -0.2) is 4.98 Å². The highest BCUT2D eigenvalue weighted by atomic mass is 32.2. The Morgan fingerprint density at radius 1 is 1.33 bits per heavy atom. The van der Waals surface area contributed by atoms with E-state index in [1.54, 1.807) is 6.20 Å². The minimum absolute atomic E-state index is 0.0955. The summed E-state index contributed by atoms with van der Waals surface area (Å²) in [7, 11) is 0. The second kappa shape index (κ2) is 7.59. The summed E-state index contributed by atoms with van der Waals surface area (Å²) in [5, 5.41) is 14.2. The van der Waals surface area contributed by atoms with Crippen molar-refractivity contribution in [2.45, 2.75) is 30.8 Å². The summed E-state index contributed by atoms with van der Waals surface area (Å²) in [6.45, 7) is 4.63. The van der Waals surface area contributed by atoms with Gasteiger partial charge < -0.3 is 9.88 Å². The molecule has 0 radical (unpaired) electrons. The van der Waals surface area contributed by atoms with Crippen LogP contribution in [0.5, 0.6) is 0 Å². The molecule has 1 amide bonds. The number of benzene rings is 1. The summed E-state index contributed by atoms with van der Waals surface area (Å²) in [6, 6.07) is 9.92. The maximum Gasteiger partial charge on any atom is 0.239 e. The number of carbonyl (C=O) groups excluding carboxylic acids is 1. The first-order chi connectivity index (χ1) is 11.7. The number of anilines is 1. The minimum Gasteiger partial charge on any atom is -0.302 e. The maximum atomic E-state index is 12.3. The van der Waals surface area contributed by atoms with Crippen LogP contribution in [-0.2, 0) is 11.3 Å². The van der Waals surface area contributed by atoms with Gasteiger partial charge in [-0.3, -0.25) is 4.79 Å². The zero-order valence-corrected chi connectivity index (χ0v) is 15.0. The first-order valence-corrected chi connectivity index (χ1v) is 9.30. The first kappa shape index (κ1) is 16.7. The van der Waals surface area contributed by atoms with Gasteiger partial charge in [0.2, 0.25) is 5.91 Å². The quantitative estimate of drug-likeness (QED) is 0.682. The highest BCUT2D eigenvalue weighted by Crippen LogP contribution is 2.27. The zero-order chi connectivity index (χ0) is 16.9. The molecule has 0 aliphatic rings. The molecule has 2 aromatic heterocycles. The van der Waals surface area contributed by atoms with Crippen LogP contribution in [0.2, 0.25) is 0 Å². The molecular formula is C16H17N5OS2. The van der Waals surface area contributed by atoms with Gasteiger partial charge in [0.05, 0.1) is 5.25 Å². The monoisotopic (exact) mass is 359 g/mol. The van der Waals surface area contributed by atoms with Gasteiger partial charge in [-0.15, -0.1) is 21.5 Å². The van der Waals surface area contributed by atoms with Gasteiger partial charge in [-0.05, 0) is 13.8 Å². The molecule has 3 rings (SSSR count). The number of rotatable bonds is 6. The van der Waals surface area contributed by atoms with Crippen molar-refractivity contribution in [3.05, 3.63) is 41.9 Å². The van der Waals surface area contributed by atoms with Crippen LogP contribution in [0.3, 0.4) is 0 Å². The van der Waals surface area contributed by atoms with Crippen molar-refractivity contribution in [2.75, 3.05) is 5.32 Å². The summed E-state index contributed by atoms with van der Waals surface area (Å²) in [6.07, 6.45) is 1.66. The van der Waals surface area contributed by atoms with E-state index < -0.39 is 0 Å². The molecule has 124 valence electrons. The molecule has 0 fully saturated rings. The van der Waals surface area contributed by atoms with Gasteiger partial charge in [-0.2, -0.15) is 0 Å². The maximum absolute atomic E-state index is 12.3. The second-order valence-electron chi connectivity index (χ2n) is 5.00. The van der Waals surface area contributed by atoms with E-state index in [9.17, 15) is 4.79 Å². The van der Waals surface area contributed by atoms with Crippen molar-refractivity contribution < 1.29 is 4.79 Å². The molecule has 8 heteroatoms. The predicted octanol–water partition coefficient (Wildman–Crippen LogP) is 3.54. The van der Waals surface area contributed by atoms with E-state index >= 15 is 0 Å². The van der Waals surface area contributed by atoms with Gasteiger partial charge in [0.25, 0.3) is 0 Å². The Morgan fingerprint density at radius 3 is 2.79 bits per heavy atom. The molecule has 0 saturated heterocycles. The van der Waals surface area contributed by atoms with Gasteiger partial charge in [-0.1, -0.05) is 42.1 Å². The van der Waals surface area contributed by atoms with Crippen LogP contribution in [-0.4, -0.2) is 30.9 Å². The number of thioether (sulfide) groups is 1. The summed E-state index contributed by atoms with van der Waals surface area (Å²) in [5.74, 6) is 0.718. The number of aromatic nitrogens is 4. The molecule has 0 aliphatic carbocycles. The smallest absolute Gasteiger partial charge is 0.239 e. The number of amides is 1. The summed E-state index contributed by atoms with van der Waals surface area (Å²) < 4.78 is 2.02. The lowest BCUT2D eigenvalue weighted by Crippen LogP contribution is -2.22. The van der Waals surface area contributed by atoms with Crippen LogP contribution in [0.4, 0.5) is 5.13 Å². The van der Waals surface area contributed by atoms with E-state index in [0.29, 0.717) is 5.13 Å². The molecule has 24 heavy (non-hydrogen) atoms. The molecule has 0 spiro atoms. The number of carbonyl (C=O) groups is 1. The highest BCUT2D eigenvalue weighted by molar-refractivity contribution is 8.00. The molecule has 0 unspecified atom stereocenters. The van der Waals surface area contributed by atoms with Gasteiger partial charge in [0.15, 0.2) is 16.1 Å². The lowest BCUT2D eigenvalue weighted by Gasteiger charge is -2.11. The standard InChI is InChI=1S/C16H17N5OS2/c1-3-21-13(12-7-5-4-6-8-12)19-20-16(21)24-11(2)14(22)18-15-17-9-10-23-15/h4-11H,3H2,1-2H3,(H,17,18,22)/t11-/m1/s1. The average Bonchev–Trinajstić information content (AvgIpc) is 3.25. The van der Waals surface area contributed by atoms with Crippen molar-refractivity contribution in [1.29, 1.82) is 0 Å². The lowest BCUT2D eigenvalue weighted by molar-refractivity contribution is -0.115. The molecule has 2 heterocycles. The van der Waals surface area contributed by atoms with Crippen molar-refractivity contribution in [3.63, 3.8) is 0 Å². The summed E-state index contributed by atoms with van der Waals surface area (Å²) in [5.41, 5.74) is 1.01. The summed E-state index contributed by atoms with van der Waals surface area (Å²) in [4.78, 5) is 16.3. The molecule has 1 atom stereocenters. The van der Waals surface area contributed by atoms with Crippen LogP contribution in [0.15, 0.2) is 47.1 Å². The molecule has 0 bridgehead atoms. The Bertz CT molecular complexity index is 801. The SMILES string of the molecule is CCn1c(S[C@H](C)C(=O)Nc2nccs2)nnc1-c1ccccc1. The van der Waals surface area contributed by atoms with Gasteiger partial charge in [0.1, 0.15) is 0 Å². The predicted molar refractivity (Wildman–Crippen MR) is 97.2 cm³/mol. The Hall–Kier alpha value is -2.19. The third-order valence-electron chi connectivity index (χ3n) is 3.38. The summed E-state index contributed by atoms with van der Waals surface area (Å²) >= 11 is 2.79. The fraction of sp³-hybridized carbons (Fsp3) is 0.250. The number of nitrogens with one attached hydrogen (secondary N) is 1. The molecule has 1 aromatic carbocycles. The van der Waals surface area contributed by atoms with E-state index in [1.165, 1.54) is 23.1 Å². The average molecular weight is 359 g/mol. The van der Waals surface area contributed by atoms with Crippen molar-refractivity contribution in [3.8, 4) is 11.4 Å². The fourth-order valence-corrected chi connectivity index (χ4v) is 3.61. The molecule has 6 nitrogen and oxygen atoms in total. The van der Waals surface area contributed by atoms with E-state index in [4.69, 9.17) is 0 Å². The third-order valence-corrected chi connectivity index (χ3v) is 5.15. The number of hydrogen-bond donors (Lipinski definition) is 1. The number of hydrogen-bond acceptors (Lipinski definition) is 6. The van der Waals surface area contributed by atoms with E-state index in [0.717, 1.165) is 23.1 Å². The van der Waals surface area contributed by atoms with Gasteiger partial charge >= 0.3 is 0 Å². The van der Waals surface area contributed by atoms with E-state index in [1.807, 2.05) is 54.1 Å².